The summed E-state index contributed by atoms with van der Waals surface area (Å²) in [6.45, 7) is 4.19. The van der Waals surface area contributed by atoms with Crippen LogP contribution in [0.3, 0.4) is 0 Å². The Morgan fingerprint density at radius 1 is 1.35 bits per heavy atom. The second kappa shape index (κ2) is 3.56. The number of hydrogen-bond donors (Lipinski definition) is 1. The zero-order valence-corrected chi connectivity index (χ0v) is 11.2. The van der Waals surface area contributed by atoms with Gasteiger partial charge in [0.2, 0.25) is 0 Å². The van der Waals surface area contributed by atoms with Gasteiger partial charge in [0, 0.05) is 11.1 Å². The van der Waals surface area contributed by atoms with Gasteiger partial charge in [-0.3, -0.25) is 0 Å². The molecule has 1 aliphatic rings. The number of aliphatic hydroxyl groups is 1. The van der Waals surface area contributed by atoms with Gasteiger partial charge in [-0.1, -0.05) is 25.1 Å². The van der Waals surface area contributed by atoms with Gasteiger partial charge in [0.25, 0.3) is 0 Å². The lowest BCUT2D eigenvalue weighted by molar-refractivity contribution is -0.00667. The van der Waals surface area contributed by atoms with Crippen LogP contribution in [0.15, 0.2) is 29.6 Å². The van der Waals surface area contributed by atoms with Crippen LogP contribution in [0, 0.1) is 5.41 Å². The van der Waals surface area contributed by atoms with Crippen molar-refractivity contribution in [2.24, 2.45) is 5.41 Å². The third-order valence-electron chi connectivity index (χ3n) is 4.40. The van der Waals surface area contributed by atoms with E-state index >= 15 is 0 Å². The fraction of sp³-hybridized carbons (Fsp3) is 0.467. The molecule has 90 valence electrons. The van der Waals surface area contributed by atoms with E-state index in [0.29, 0.717) is 0 Å². The molecule has 1 nitrogen and oxygen atoms in total. The van der Waals surface area contributed by atoms with Gasteiger partial charge in [-0.25, -0.2) is 0 Å². The highest BCUT2D eigenvalue weighted by molar-refractivity contribution is 7.17. The first-order valence-electron chi connectivity index (χ1n) is 6.19. The Kier molecular flexibility index (Phi) is 2.36. The van der Waals surface area contributed by atoms with Crippen LogP contribution < -0.4 is 0 Å². The number of fused-ring (bicyclic) bond motifs is 1. The number of benzene rings is 1. The van der Waals surface area contributed by atoms with Crippen LogP contribution in [0.5, 0.6) is 0 Å². The molecule has 1 saturated carbocycles. The van der Waals surface area contributed by atoms with Gasteiger partial charge in [0.15, 0.2) is 0 Å². The summed E-state index contributed by atoms with van der Waals surface area (Å²) in [7, 11) is 0. The molecule has 1 aromatic heterocycles. The second-order valence-corrected chi connectivity index (χ2v) is 6.68. The van der Waals surface area contributed by atoms with E-state index in [2.05, 4.69) is 36.6 Å². The van der Waals surface area contributed by atoms with Crippen LogP contribution in [-0.4, -0.2) is 10.7 Å². The molecule has 2 aromatic rings. The predicted octanol–water partition coefficient (Wildman–Crippen LogP) is 3.99. The van der Waals surface area contributed by atoms with Gasteiger partial charge in [-0.15, -0.1) is 11.3 Å². The molecule has 0 saturated heterocycles. The first-order chi connectivity index (χ1) is 8.02. The molecule has 1 aromatic carbocycles. The monoisotopic (exact) mass is 246 g/mol. The van der Waals surface area contributed by atoms with Crippen molar-refractivity contribution in [3.63, 3.8) is 0 Å². The van der Waals surface area contributed by atoms with Crippen molar-refractivity contribution in [3.8, 4) is 0 Å². The molecule has 0 radical (unpaired) electrons. The molecule has 17 heavy (non-hydrogen) atoms. The Morgan fingerprint density at radius 3 is 2.76 bits per heavy atom. The molecular formula is C15H18OS. The maximum atomic E-state index is 10.6. The summed E-state index contributed by atoms with van der Waals surface area (Å²) in [6.07, 6.45) is 3.08. The number of thiophene rings is 1. The zero-order chi connectivity index (χ0) is 12.1. The molecule has 2 heteroatoms. The summed E-state index contributed by atoms with van der Waals surface area (Å²) >= 11 is 1.77. The van der Waals surface area contributed by atoms with Crippen molar-refractivity contribution in [2.45, 2.75) is 38.7 Å². The van der Waals surface area contributed by atoms with Crippen molar-refractivity contribution in [1.82, 2.24) is 0 Å². The first kappa shape index (κ1) is 11.2. The first-order valence-corrected chi connectivity index (χ1v) is 7.07. The summed E-state index contributed by atoms with van der Waals surface area (Å²) in [4.78, 5) is 0. The SMILES string of the molecule is CC(O)(Cc1csc2ccccc12)C1(C)CC1. The molecular weight excluding hydrogens is 228 g/mol. The van der Waals surface area contributed by atoms with E-state index in [1.54, 1.807) is 11.3 Å². The van der Waals surface area contributed by atoms with E-state index < -0.39 is 5.60 Å². The number of hydrogen-bond acceptors (Lipinski definition) is 2. The third-order valence-corrected chi connectivity index (χ3v) is 5.41. The van der Waals surface area contributed by atoms with Gasteiger partial charge < -0.3 is 5.11 Å². The molecule has 1 unspecified atom stereocenters. The quantitative estimate of drug-likeness (QED) is 0.868. The molecule has 1 aliphatic carbocycles. The van der Waals surface area contributed by atoms with E-state index in [1.165, 1.54) is 15.6 Å². The van der Waals surface area contributed by atoms with Crippen molar-refractivity contribution in [2.75, 3.05) is 0 Å². The lowest BCUT2D eigenvalue weighted by Crippen LogP contribution is -2.36. The largest absolute Gasteiger partial charge is 0.389 e. The van der Waals surface area contributed by atoms with Crippen LogP contribution in [0.25, 0.3) is 10.1 Å². The summed E-state index contributed by atoms with van der Waals surface area (Å²) in [5, 5.41) is 14.2. The lowest BCUT2D eigenvalue weighted by Gasteiger charge is -2.30. The van der Waals surface area contributed by atoms with Crippen molar-refractivity contribution < 1.29 is 5.11 Å². The van der Waals surface area contributed by atoms with Crippen LogP contribution in [0.1, 0.15) is 32.3 Å². The standard InChI is InChI=1S/C15H18OS/c1-14(7-8-14)15(2,16)9-11-10-17-13-6-4-3-5-12(11)13/h3-6,10,16H,7-9H2,1-2H3. The fourth-order valence-electron chi connectivity index (χ4n) is 2.48. The molecule has 1 atom stereocenters. The van der Waals surface area contributed by atoms with Gasteiger partial charge >= 0.3 is 0 Å². The highest BCUT2D eigenvalue weighted by Crippen LogP contribution is 2.54. The van der Waals surface area contributed by atoms with E-state index in [9.17, 15) is 5.11 Å². The second-order valence-electron chi connectivity index (χ2n) is 5.77. The van der Waals surface area contributed by atoms with Crippen LogP contribution in [-0.2, 0) is 6.42 Å². The predicted molar refractivity (Wildman–Crippen MR) is 73.5 cm³/mol. The Morgan fingerprint density at radius 2 is 2.06 bits per heavy atom. The van der Waals surface area contributed by atoms with Gasteiger partial charge in [-0.05, 0) is 47.6 Å². The normalized spacial score (nSPS) is 21.4. The molecule has 0 bridgehead atoms. The summed E-state index contributed by atoms with van der Waals surface area (Å²) in [5.74, 6) is 0. The van der Waals surface area contributed by atoms with Crippen LogP contribution in [0.2, 0.25) is 0 Å². The molecule has 0 amide bonds. The van der Waals surface area contributed by atoms with Gasteiger partial charge in [0.1, 0.15) is 0 Å². The Bertz CT molecular complexity index is 549. The third kappa shape index (κ3) is 1.80. The maximum Gasteiger partial charge on any atom is 0.0713 e. The summed E-state index contributed by atoms with van der Waals surface area (Å²) in [5.41, 5.74) is 0.858. The zero-order valence-electron chi connectivity index (χ0n) is 10.4. The maximum absolute atomic E-state index is 10.6. The Balaban J connectivity index is 1.95. The van der Waals surface area contributed by atoms with Crippen molar-refractivity contribution in [1.29, 1.82) is 0 Å². The van der Waals surface area contributed by atoms with E-state index in [-0.39, 0.29) is 5.41 Å². The van der Waals surface area contributed by atoms with E-state index in [1.807, 2.05) is 6.92 Å². The minimum Gasteiger partial charge on any atom is -0.389 e. The van der Waals surface area contributed by atoms with Crippen molar-refractivity contribution in [3.05, 3.63) is 35.2 Å². The minimum absolute atomic E-state index is 0.135. The molecule has 1 fully saturated rings. The minimum atomic E-state index is -0.573. The molecule has 1 heterocycles. The van der Waals surface area contributed by atoms with E-state index in [4.69, 9.17) is 0 Å². The molecule has 3 rings (SSSR count). The topological polar surface area (TPSA) is 20.2 Å². The average Bonchev–Trinajstić information content (AvgIpc) is 2.93. The Hall–Kier alpha value is -0.860. The van der Waals surface area contributed by atoms with Crippen LogP contribution in [0.4, 0.5) is 0 Å². The van der Waals surface area contributed by atoms with Gasteiger partial charge in [0.05, 0.1) is 5.60 Å². The molecule has 0 aliphatic heterocycles. The average molecular weight is 246 g/mol. The Labute approximate surface area is 106 Å². The molecule has 0 spiro atoms. The molecule has 1 N–H and O–H groups in total. The van der Waals surface area contributed by atoms with E-state index in [0.717, 1.165) is 19.3 Å². The fourth-order valence-corrected chi connectivity index (χ4v) is 3.44. The number of rotatable bonds is 3. The van der Waals surface area contributed by atoms with Gasteiger partial charge in [-0.2, -0.15) is 0 Å². The summed E-state index contributed by atoms with van der Waals surface area (Å²) < 4.78 is 1.32. The highest BCUT2D eigenvalue weighted by atomic mass is 32.1. The smallest absolute Gasteiger partial charge is 0.0713 e. The van der Waals surface area contributed by atoms with Crippen molar-refractivity contribution >= 4 is 21.4 Å². The summed E-state index contributed by atoms with van der Waals surface area (Å²) in [6, 6.07) is 8.46. The van der Waals surface area contributed by atoms with Crippen LogP contribution >= 0.6 is 11.3 Å². The lowest BCUT2D eigenvalue weighted by atomic mass is 9.82. The highest BCUT2D eigenvalue weighted by Gasteiger charge is 2.52.